The summed E-state index contributed by atoms with van der Waals surface area (Å²) in [6.45, 7) is 0. The molecule has 1 amide bonds. The second kappa shape index (κ2) is 4.64. The fraction of sp³-hybridized carbons (Fsp3) is 0.250. The minimum atomic E-state index is -0.342. The topological polar surface area (TPSA) is 65.8 Å². The monoisotopic (exact) mass is 213 g/mol. The molecule has 0 spiro atoms. The molecule has 0 saturated heterocycles. The molecule has 0 radical (unpaired) electrons. The van der Waals surface area contributed by atoms with Crippen molar-refractivity contribution in [1.29, 1.82) is 0 Å². The van der Waals surface area contributed by atoms with Crippen LogP contribution in [0.1, 0.15) is 12.0 Å². The molecule has 80 valence electrons. The van der Waals surface area contributed by atoms with Gasteiger partial charge < -0.3 is 0 Å². The van der Waals surface area contributed by atoms with Crippen molar-refractivity contribution in [2.45, 2.75) is 6.42 Å². The van der Waals surface area contributed by atoms with Crippen LogP contribution in [0.25, 0.3) is 16.5 Å². The average Bonchev–Trinajstić information content (AvgIpc) is 3.08. The van der Waals surface area contributed by atoms with E-state index < -0.39 is 0 Å². The van der Waals surface area contributed by atoms with E-state index in [9.17, 15) is 4.79 Å². The lowest BCUT2D eigenvalue weighted by Gasteiger charge is -1.91. The lowest BCUT2D eigenvalue weighted by molar-refractivity contribution is -0.119. The highest BCUT2D eigenvalue weighted by Crippen LogP contribution is 2.41. The number of hydrogen-bond acceptors (Lipinski definition) is 1. The summed E-state index contributed by atoms with van der Waals surface area (Å²) in [6.07, 6.45) is 4.79. The Kier molecular flexibility index (Phi) is 3.03. The van der Waals surface area contributed by atoms with Crippen LogP contribution in [0.4, 0.5) is 0 Å². The zero-order valence-electron chi connectivity index (χ0n) is 8.65. The SMILES string of the molecule is [N-]=[N+]=NC(=O)C1CC1/C=C/c1ccccc1. The summed E-state index contributed by atoms with van der Waals surface area (Å²) in [5, 5.41) is 3.10. The van der Waals surface area contributed by atoms with Gasteiger partial charge in [-0.05, 0) is 28.5 Å². The number of carbonyl (C=O) groups is 1. The molecule has 1 aromatic carbocycles. The molecular formula is C12H11N3O. The molecule has 4 nitrogen and oxygen atoms in total. The zero-order valence-corrected chi connectivity index (χ0v) is 8.65. The van der Waals surface area contributed by atoms with E-state index >= 15 is 0 Å². The van der Waals surface area contributed by atoms with E-state index in [1.165, 1.54) is 0 Å². The highest BCUT2D eigenvalue weighted by molar-refractivity contribution is 5.82. The number of hydrogen-bond donors (Lipinski definition) is 0. The largest absolute Gasteiger partial charge is 0.292 e. The smallest absolute Gasteiger partial charge is 0.222 e. The average molecular weight is 213 g/mol. The van der Waals surface area contributed by atoms with E-state index in [-0.39, 0.29) is 17.7 Å². The predicted molar refractivity (Wildman–Crippen MR) is 61.2 cm³/mol. The Balaban J connectivity index is 1.92. The van der Waals surface area contributed by atoms with Crippen molar-refractivity contribution < 1.29 is 4.79 Å². The van der Waals surface area contributed by atoms with Crippen LogP contribution in [0.15, 0.2) is 41.5 Å². The minimum Gasteiger partial charge on any atom is -0.292 e. The first kappa shape index (κ1) is 10.5. The van der Waals surface area contributed by atoms with E-state index in [1.807, 2.05) is 42.5 Å². The third kappa shape index (κ3) is 2.49. The van der Waals surface area contributed by atoms with Gasteiger partial charge in [-0.25, -0.2) is 0 Å². The predicted octanol–water partition coefficient (Wildman–Crippen LogP) is 3.17. The third-order valence-corrected chi connectivity index (χ3v) is 2.64. The van der Waals surface area contributed by atoms with E-state index in [2.05, 4.69) is 10.0 Å². The standard InChI is InChI=1S/C12H11N3O/c13-15-14-12(16)11-8-10(11)7-6-9-4-2-1-3-5-9/h1-7,10-11H,8H2/b7-6+. The van der Waals surface area contributed by atoms with Crippen LogP contribution in [0.3, 0.4) is 0 Å². The number of rotatable bonds is 3. The fourth-order valence-electron chi connectivity index (χ4n) is 1.63. The Morgan fingerprint density at radius 2 is 2.19 bits per heavy atom. The molecule has 2 rings (SSSR count). The van der Waals surface area contributed by atoms with Gasteiger partial charge in [-0.15, -0.1) is 0 Å². The zero-order chi connectivity index (χ0) is 11.4. The highest BCUT2D eigenvalue weighted by Gasteiger charge is 2.40. The van der Waals surface area contributed by atoms with Gasteiger partial charge in [0, 0.05) is 10.8 Å². The summed E-state index contributed by atoms with van der Waals surface area (Å²) in [5.74, 6) is -0.209. The van der Waals surface area contributed by atoms with Crippen LogP contribution in [0, 0.1) is 11.8 Å². The number of azide groups is 1. The third-order valence-electron chi connectivity index (χ3n) is 2.64. The van der Waals surface area contributed by atoms with Crippen molar-refractivity contribution >= 4 is 12.0 Å². The van der Waals surface area contributed by atoms with Crippen molar-refractivity contribution in [3.63, 3.8) is 0 Å². The second-order valence-corrected chi connectivity index (χ2v) is 3.80. The molecule has 16 heavy (non-hydrogen) atoms. The van der Waals surface area contributed by atoms with Crippen molar-refractivity contribution in [2.75, 3.05) is 0 Å². The maximum atomic E-state index is 11.2. The van der Waals surface area contributed by atoms with Gasteiger partial charge in [0.2, 0.25) is 5.91 Å². The summed E-state index contributed by atoms with van der Waals surface area (Å²) >= 11 is 0. The van der Waals surface area contributed by atoms with Crippen molar-refractivity contribution in [2.24, 2.45) is 17.0 Å². The number of allylic oxidation sites excluding steroid dienone is 1. The number of nitrogens with zero attached hydrogens (tertiary/aromatic N) is 3. The summed E-state index contributed by atoms with van der Waals surface area (Å²) < 4.78 is 0. The molecule has 0 bridgehead atoms. The lowest BCUT2D eigenvalue weighted by Crippen LogP contribution is -1.95. The number of benzene rings is 1. The normalized spacial score (nSPS) is 22.8. The molecular weight excluding hydrogens is 202 g/mol. The molecule has 1 aromatic rings. The molecule has 0 N–H and O–H groups in total. The molecule has 0 aliphatic heterocycles. The molecule has 4 heteroatoms. The minimum absolute atomic E-state index is 0.101. The molecule has 2 atom stereocenters. The molecule has 0 heterocycles. The Morgan fingerprint density at radius 1 is 1.44 bits per heavy atom. The quantitative estimate of drug-likeness (QED) is 0.432. The van der Waals surface area contributed by atoms with Gasteiger partial charge in [0.15, 0.2) is 0 Å². The first-order valence-corrected chi connectivity index (χ1v) is 5.13. The second-order valence-electron chi connectivity index (χ2n) is 3.80. The van der Waals surface area contributed by atoms with Crippen LogP contribution >= 0.6 is 0 Å². The molecule has 0 aromatic heterocycles. The summed E-state index contributed by atoms with van der Waals surface area (Å²) in [5.41, 5.74) is 9.24. The summed E-state index contributed by atoms with van der Waals surface area (Å²) in [6, 6.07) is 9.90. The van der Waals surface area contributed by atoms with Gasteiger partial charge in [0.05, 0.1) is 0 Å². The van der Waals surface area contributed by atoms with Gasteiger partial charge >= 0.3 is 0 Å². The van der Waals surface area contributed by atoms with Crippen LogP contribution in [0.5, 0.6) is 0 Å². The Hall–Kier alpha value is -2.06. The van der Waals surface area contributed by atoms with Gasteiger partial charge in [0.1, 0.15) is 0 Å². The van der Waals surface area contributed by atoms with E-state index in [0.717, 1.165) is 12.0 Å². The van der Waals surface area contributed by atoms with Crippen LogP contribution in [-0.2, 0) is 4.79 Å². The van der Waals surface area contributed by atoms with Crippen molar-refractivity contribution in [3.05, 3.63) is 52.4 Å². The molecule has 1 aliphatic carbocycles. The maximum Gasteiger partial charge on any atom is 0.222 e. The molecule has 1 fully saturated rings. The van der Waals surface area contributed by atoms with Gasteiger partial charge in [-0.1, -0.05) is 42.5 Å². The maximum absolute atomic E-state index is 11.2. The van der Waals surface area contributed by atoms with Crippen molar-refractivity contribution in [1.82, 2.24) is 0 Å². The van der Waals surface area contributed by atoms with E-state index in [1.54, 1.807) is 0 Å². The Labute approximate surface area is 93.2 Å². The summed E-state index contributed by atoms with van der Waals surface area (Å²) in [4.78, 5) is 13.7. The Morgan fingerprint density at radius 3 is 2.88 bits per heavy atom. The van der Waals surface area contributed by atoms with Crippen molar-refractivity contribution in [3.8, 4) is 0 Å². The Bertz CT molecular complexity index is 460. The lowest BCUT2D eigenvalue weighted by atomic mass is 10.2. The number of carbonyl (C=O) groups excluding carboxylic acids is 1. The fourth-order valence-corrected chi connectivity index (χ4v) is 1.63. The van der Waals surface area contributed by atoms with Gasteiger partial charge in [-0.3, -0.25) is 4.79 Å². The van der Waals surface area contributed by atoms with Gasteiger partial charge in [0.25, 0.3) is 0 Å². The molecule has 1 saturated carbocycles. The van der Waals surface area contributed by atoms with Gasteiger partial charge in [-0.2, -0.15) is 0 Å². The number of amides is 1. The molecule has 1 aliphatic rings. The first-order chi connectivity index (χ1) is 7.81. The van der Waals surface area contributed by atoms with Crippen LogP contribution in [-0.4, -0.2) is 5.91 Å². The van der Waals surface area contributed by atoms with Crippen LogP contribution < -0.4 is 0 Å². The van der Waals surface area contributed by atoms with E-state index in [4.69, 9.17) is 5.53 Å². The van der Waals surface area contributed by atoms with E-state index in [0.29, 0.717) is 0 Å². The summed E-state index contributed by atoms with van der Waals surface area (Å²) in [7, 11) is 0. The first-order valence-electron chi connectivity index (χ1n) is 5.13. The molecule has 2 unspecified atom stereocenters. The highest BCUT2D eigenvalue weighted by atomic mass is 16.2. The van der Waals surface area contributed by atoms with Crippen LogP contribution in [0.2, 0.25) is 0 Å².